The Labute approximate surface area is 123 Å². The molecule has 1 aliphatic heterocycles. The van der Waals surface area contributed by atoms with Crippen LogP contribution in [0.3, 0.4) is 0 Å². The smallest absolute Gasteiger partial charge is 0.223 e. The van der Waals surface area contributed by atoms with E-state index >= 15 is 0 Å². The van der Waals surface area contributed by atoms with Gasteiger partial charge in [0.15, 0.2) is 5.78 Å². The number of aliphatic hydroxyl groups is 1. The van der Waals surface area contributed by atoms with Crippen molar-refractivity contribution in [3.8, 4) is 0 Å². The van der Waals surface area contributed by atoms with Crippen molar-refractivity contribution in [2.45, 2.75) is 25.9 Å². The third kappa shape index (κ3) is 3.58. The average molecular weight is 296 g/mol. The minimum atomic E-state index is -0.429. The number of amides is 1. The Morgan fingerprint density at radius 3 is 2.60 bits per heavy atom. The molecule has 4 nitrogen and oxygen atoms in total. The van der Waals surface area contributed by atoms with Gasteiger partial charge in [-0.15, -0.1) is 0 Å². The van der Waals surface area contributed by atoms with E-state index in [0.29, 0.717) is 30.1 Å². The maximum absolute atomic E-state index is 12.2. The highest BCUT2D eigenvalue weighted by molar-refractivity contribution is 6.30. The first-order valence-electron chi connectivity index (χ1n) is 6.73. The minimum Gasteiger partial charge on any atom is -0.391 e. The number of β-amino-alcohol motifs (C(OH)–C–C–N with tert-alkyl or cyclic N) is 1. The van der Waals surface area contributed by atoms with E-state index in [4.69, 9.17) is 11.6 Å². The number of hydrogen-bond acceptors (Lipinski definition) is 3. The van der Waals surface area contributed by atoms with Gasteiger partial charge in [0.1, 0.15) is 0 Å². The number of halogens is 1. The van der Waals surface area contributed by atoms with E-state index in [1.165, 1.54) is 0 Å². The Morgan fingerprint density at radius 2 is 2.05 bits per heavy atom. The summed E-state index contributed by atoms with van der Waals surface area (Å²) in [6, 6.07) is 6.68. The van der Waals surface area contributed by atoms with Crippen LogP contribution in [-0.2, 0) is 4.79 Å². The number of carbonyl (C=O) groups is 2. The van der Waals surface area contributed by atoms with Crippen molar-refractivity contribution >= 4 is 23.3 Å². The molecule has 1 aliphatic rings. The molecule has 1 unspecified atom stereocenters. The zero-order chi connectivity index (χ0) is 14.7. The molecule has 1 heterocycles. The van der Waals surface area contributed by atoms with Crippen LogP contribution >= 0.6 is 11.6 Å². The Morgan fingerprint density at radius 1 is 1.40 bits per heavy atom. The van der Waals surface area contributed by atoms with Crippen LogP contribution in [0.1, 0.15) is 30.1 Å². The maximum atomic E-state index is 12.2. The molecule has 2 atom stereocenters. The molecule has 2 rings (SSSR count). The van der Waals surface area contributed by atoms with E-state index < -0.39 is 6.10 Å². The summed E-state index contributed by atoms with van der Waals surface area (Å²) in [4.78, 5) is 25.9. The summed E-state index contributed by atoms with van der Waals surface area (Å²) in [6.07, 6.45) is 0.362. The molecule has 1 amide bonds. The van der Waals surface area contributed by atoms with Gasteiger partial charge in [-0.25, -0.2) is 0 Å². The lowest BCUT2D eigenvalue weighted by atomic mass is 9.96. The van der Waals surface area contributed by atoms with E-state index in [-0.39, 0.29) is 24.0 Å². The predicted molar refractivity (Wildman–Crippen MR) is 76.8 cm³/mol. The van der Waals surface area contributed by atoms with Crippen molar-refractivity contribution in [2.24, 2.45) is 5.92 Å². The van der Waals surface area contributed by atoms with Gasteiger partial charge in [0.2, 0.25) is 5.91 Å². The molecule has 0 saturated carbocycles. The summed E-state index contributed by atoms with van der Waals surface area (Å²) in [5.41, 5.74) is 0.566. The highest BCUT2D eigenvalue weighted by Crippen LogP contribution is 2.18. The molecule has 1 aromatic carbocycles. The van der Waals surface area contributed by atoms with Crippen LogP contribution in [0.15, 0.2) is 24.3 Å². The van der Waals surface area contributed by atoms with Gasteiger partial charge in [-0.2, -0.15) is 0 Å². The standard InChI is InChI=1S/C15H18ClNO3/c1-10(8-14(19)17-7-6-13(18)9-17)15(20)11-2-4-12(16)5-3-11/h2-5,10,13,18H,6-9H2,1H3/t10?,13-/m0/s1. The van der Waals surface area contributed by atoms with Gasteiger partial charge in [0, 0.05) is 36.0 Å². The van der Waals surface area contributed by atoms with Crippen LogP contribution in [0.4, 0.5) is 0 Å². The van der Waals surface area contributed by atoms with Crippen molar-refractivity contribution < 1.29 is 14.7 Å². The lowest BCUT2D eigenvalue weighted by molar-refractivity contribution is -0.131. The lowest BCUT2D eigenvalue weighted by Gasteiger charge is -2.18. The van der Waals surface area contributed by atoms with Crippen molar-refractivity contribution in [3.05, 3.63) is 34.9 Å². The SMILES string of the molecule is CC(CC(=O)N1CC[C@H](O)C1)C(=O)c1ccc(Cl)cc1. The van der Waals surface area contributed by atoms with Crippen molar-refractivity contribution in [1.29, 1.82) is 0 Å². The third-order valence-electron chi connectivity index (χ3n) is 3.57. The normalized spacial score (nSPS) is 19.9. The monoisotopic (exact) mass is 295 g/mol. The number of hydrogen-bond donors (Lipinski definition) is 1. The summed E-state index contributed by atoms with van der Waals surface area (Å²) in [5.74, 6) is -0.507. The summed E-state index contributed by atoms with van der Waals surface area (Å²) < 4.78 is 0. The quantitative estimate of drug-likeness (QED) is 0.866. The Balaban J connectivity index is 1.94. The highest BCUT2D eigenvalue weighted by Gasteiger charge is 2.27. The molecule has 0 radical (unpaired) electrons. The summed E-state index contributed by atoms with van der Waals surface area (Å²) in [6.45, 7) is 2.70. The summed E-state index contributed by atoms with van der Waals surface area (Å²) >= 11 is 5.78. The number of aliphatic hydroxyl groups excluding tert-OH is 1. The number of nitrogens with zero attached hydrogens (tertiary/aromatic N) is 1. The Kier molecular flexibility index (Phi) is 4.78. The molecular formula is C15H18ClNO3. The number of Topliss-reactive ketones (excluding diaryl/α,β-unsaturated/α-hetero) is 1. The first-order chi connectivity index (χ1) is 9.47. The average Bonchev–Trinajstić information content (AvgIpc) is 2.85. The van der Waals surface area contributed by atoms with Crippen molar-refractivity contribution in [3.63, 3.8) is 0 Å². The van der Waals surface area contributed by atoms with Crippen LogP contribution < -0.4 is 0 Å². The van der Waals surface area contributed by atoms with E-state index in [9.17, 15) is 14.7 Å². The second-order valence-corrected chi connectivity index (χ2v) is 5.70. The van der Waals surface area contributed by atoms with E-state index in [1.807, 2.05) is 0 Å². The van der Waals surface area contributed by atoms with Crippen LogP contribution in [0.25, 0.3) is 0 Å². The summed E-state index contributed by atoms with van der Waals surface area (Å²) in [5, 5.41) is 10.0. The first kappa shape index (κ1) is 15.0. The van der Waals surface area contributed by atoms with Gasteiger partial charge >= 0.3 is 0 Å². The topological polar surface area (TPSA) is 57.6 Å². The molecule has 0 bridgehead atoms. The van der Waals surface area contributed by atoms with Crippen molar-refractivity contribution in [2.75, 3.05) is 13.1 Å². The fourth-order valence-electron chi connectivity index (χ4n) is 2.35. The second-order valence-electron chi connectivity index (χ2n) is 5.26. The largest absolute Gasteiger partial charge is 0.391 e. The van der Waals surface area contributed by atoms with Gasteiger partial charge in [0.25, 0.3) is 0 Å². The predicted octanol–water partition coefficient (Wildman–Crippen LogP) is 2.14. The molecule has 1 aromatic rings. The second kappa shape index (κ2) is 6.37. The number of benzene rings is 1. The molecule has 1 saturated heterocycles. The van der Waals surface area contributed by atoms with E-state index in [0.717, 1.165) is 0 Å². The number of likely N-dealkylation sites (tertiary alicyclic amines) is 1. The van der Waals surface area contributed by atoms with Gasteiger partial charge < -0.3 is 10.0 Å². The number of rotatable bonds is 4. The first-order valence-corrected chi connectivity index (χ1v) is 7.11. The van der Waals surface area contributed by atoms with Gasteiger partial charge in [0.05, 0.1) is 6.10 Å². The minimum absolute atomic E-state index is 0.0604. The fraction of sp³-hybridized carbons (Fsp3) is 0.467. The van der Waals surface area contributed by atoms with Gasteiger partial charge in [-0.3, -0.25) is 9.59 Å². The zero-order valence-corrected chi connectivity index (χ0v) is 12.1. The Hall–Kier alpha value is -1.39. The lowest BCUT2D eigenvalue weighted by Crippen LogP contribution is -2.32. The third-order valence-corrected chi connectivity index (χ3v) is 3.83. The Bertz CT molecular complexity index is 500. The highest BCUT2D eigenvalue weighted by atomic mass is 35.5. The van der Waals surface area contributed by atoms with Gasteiger partial charge in [-0.1, -0.05) is 18.5 Å². The zero-order valence-electron chi connectivity index (χ0n) is 11.4. The molecule has 1 fully saturated rings. The van der Waals surface area contributed by atoms with E-state index in [1.54, 1.807) is 36.1 Å². The molecule has 1 N–H and O–H groups in total. The maximum Gasteiger partial charge on any atom is 0.223 e. The molecule has 5 heteroatoms. The molecule has 20 heavy (non-hydrogen) atoms. The molecule has 0 spiro atoms. The fourth-order valence-corrected chi connectivity index (χ4v) is 2.48. The molecule has 0 aliphatic carbocycles. The van der Waals surface area contributed by atoms with E-state index in [2.05, 4.69) is 0 Å². The molecule has 108 valence electrons. The molecular weight excluding hydrogens is 278 g/mol. The van der Waals surface area contributed by atoms with Crippen molar-refractivity contribution in [1.82, 2.24) is 4.90 Å². The number of carbonyl (C=O) groups excluding carboxylic acids is 2. The number of ketones is 1. The van der Waals surface area contributed by atoms with Crippen LogP contribution in [0.5, 0.6) is 0 Å². The van der Waals surface area contributed by atoms with Crippen LogP contribution in [0.2, 0.25) is 5.02 Å². The van der Waals surface area contributed by atoms with Crippen LogP contribution in [-0.4, -0.2) is 40.9 Å². The summed E-state index contributed by atoms with van der Waals surface area (Å²) in [7, 11) is 0. The molecule has 0 aromatic heterocycles. The van der Waals surface area contributed by atoms with Crippen LogP contribution in [0, 0.1) is 5.92 Å². The van der Waals surface area contributed by atoms with Gasteiger partial charge in [-0.05, 0) is 30.7 Å².